The van der Waals surface area contributed by atoms with Gasteiger partial charge in [0.2, 0.25) is 0 Å². The lowest BCUT2D eigenvalue weighted by molar-refractivity contribution is 0.576. The van der Waals surface area contributed by atoms with Gasteiger partial charge in [0.05, 0.1) is 11.6 Å². The first-order valence-corrected chi connectivity index (χ1v) is 5.37. The molecule has 0 atom stereocenters. The summed E-state index contributed by atoms with van der Waals surface area (Å²) in [5.41, 5.74) is -0.0433. The fraction of sp³-hybridized carbons (Fsp3) is 0.273. The summed E-state index contributed by atoms with van der Waals surface area (Å²) in [6.45, 7) is 0.577. The number of hydrogen-bond donors (Lipinski definition) is 0. The highest BCUT2D eigenvalue weighted by molar-refractivity contribution is 6.17. The fourth-order valence-corrected chi connectivity index (χ4v) is 1.62. The number of aryl methyl sites for hydroxylation is 1. The number of nitrogens with zero attached hydrogens (tertiary/aromatic N) is 2. The van der Waals surface area contributed by atoms with Crippen molar-refractivity contribution < 1.29 is 0 Å². The van der Waals surface area contributed by atoms with Crippen LogP contribution in [0.5, 0.6) is 0 Å². The van der Waals surface area contributed by atoms with Gasteiger partial charge in [-0.15, -0.1) is 11.6 Å². The first-order chi connectivity index (χ1) is 7.33. The molecule has 0 aliphatic carbocycles. The number of rotatable bonds is 3. The van der Waals surface area contributed by atoms with Gasteiger partial charge in [-0.1, -0.05) is 18.2 Å². The molecule has 1 aromatic heterocycles. The number of aromatic nitrogens is 2. The Morgan fingerprint density at radius 2 is 2.13 bits per heavy atom. The van der Waals surface area contributed by atoms with E-state index in [4.69, 9.17) is 11.6 Å². The summed E-state index contributed by atoms with van der Waals surface area (Å²) >= 11 is 5.58. The van der Waals surface area contributed by atoms with Crippen LogP contribution in [0.2, 0.25) is 0 Å². The van der Waals surface area contributed by atoms with E-state index in [0.29, 0.717) is 17.8 Å². The van der Waals surface area contributed by atoms with Crippen LogP contribution in [0.3, 0.4) is 0 Å². The standard InChI is InChI=1S/C11H11ClN2O/c12-6-3-7-14-11(15)10-5-2-1-4-9(10)8-13-14/h1-2,4-5,8H,3,6-7H2. The first kappa shape index (κ1) is 10.2. The van der Waals surface area contributed by atoms with Crippen LogP contribution >= 0.6 is 11.6 Å². The molecule has 0 spiro atoms. The fourth-order valence-electron chi connectivity index (χ4n) is 1.50. The van der Waals surface area contributed by atoms with E-state index >= 15 is 0 Å². The molecule has 0 unspecified atom stereocenters. The third-order valence-corrected chi connectivity index (χ3v) is 2.53. The molecular weight excluding hydrogens is 212 g/mol. The van der Waals surface area contributed by atoms with E-state index in [1.54, 1.807) is 6.20 Å². The molecule has 0 radical (unpaired) electrons. The Labute approximate surface area is 92.3 Å². The van der Waals surface area contributed by atoms with E-state index < -0.39 is 0 Å². The third-order valence-electron chi connectivity index (χ3n) is 2.27. The van der Waals surface area contributed by atoms with Gasteiger partial charge in [0.1, 0.15) is 0 Å². The summed E-state index contributed by atoms with van der Waals surface area (Å²) < 4.78 is 1.46. The molecule has 0 aliphatic heterocycles. The zero-order chi connectivity index (χ0) is 10.7. The molecule has 2 rings (SSSR count). The summed E-state index contributed by atoms with van der Waals surface area (Å²) in [6.07, 6.45) is 2.47. The summed E-state index contributed by atoms with van der Waals surface area (Å²) in [5.74, 6) is 0.543. The molecule has 0 saturated heterocycles. The number of benzene rings is 1. The molecule has 0 fully saturated rings. The first-order valence-electron chi connectivity index (χ1n) is 4.84. The minimum Gasteiger partial charge on any atom is -0.267 e. The van der Waals surface area contributed by atoms with Crippen LogP contribution in [0.25, 0.3) is 10.8 Å². The molecule has 4 heteroatoms. The molecule has 0 bridgehead atoms. The summed E-state index contributed by atoms with van der Waals surface area (Å²) in [7, 11) is 0. The largest absolute Gasteiger partial charge is 0.274 e. The highest BCUT2D eigenvalue weighted by Crippen LogP contribution is 2.06. The highest BCUT2D eigenvalue weighted by atomic mass is 35.5. The van der Waals surface area contributed by atoms with Gasteiger partial charge in [-0.25, -0.2) is 4.68 Å². The van der Waals surface area contributed by atoms with Crippen LogP contribution in [0, 0.1) is 0 Å². The van der Waals surface area contributed by atoms with E-state index in [-0.39, 0.29) is 5.56 Å². The summed E-state index contributed by atoms with van der Waals surface area (Å²) in [5, 5.41) is 5.68. The van der Waals surface area contributed by atoms with Crippen LogP contribution in [0.4, 0.5) is 0 Å². The molecule has 3 nitrogen and oxygen atoms in total. The Hall–Kier alpha value is -1.35. The minimum absolute atomic E-state index is 0.0433. The van der Waals surface area contributed by atoms with E-state index in [0.717, 1.165) is 11.8 Å². The van der Waals surface area contributed by atoms with E-state index in [1.807, 2.05) is 24.3 Å². The van der Waals surface area contributed by atoms with Gasteiger partial charge in [-0.3, -0.25) is 4.79 Å². The lowest BCUT2D eigenvalue weighted by Gasteiger charge is -2.03. The molecule has 78 valence electrons. The lowest BCUT2D eigenvalue weighted by Crippen LogP contribution is -2.22. The van der Waals surface area contributed by atoms with E-state index in [9.17, 15) is 4.79 Å². The maximum atomic E-state index is 11.9. The molecule has 1 heterocycles. The maximum absolute atomic E-state index is 11.9. The van der Waals surface area contributed by atoms with Gasteiger partial charge in [0.25, 0.3) is 5.56 Å². The van der Waals surface area contributed by atoms with E-state index in [1.165, 1.54) is 4.68 Å². The Kier molecular flexibility index (Phi) is 3.02. The highest BCUT2D eigenvalue weighted by Gasteiger charge is 2.02. The topological polar surface area (TPSA) is 34.9 Å². The second kappa shape index (κ2) is 4.45. The van der Waals surface area contributed by atoms with Crippen LogP contribution in [0.15, 0.2) is 35.3 Å². The monoisotopic (exact) mass is 222 g/mol. The van der Waals surface area contributed by atoms with Crippen molar-refractivity contribution >= 4 is 22.4 Å². The summed E-state index contributed by atoms with van der Waals surface area (Å²) in [6, 6.07) is 7.45. The predicted molar refractivity (Wildman–Crippen MR) is 61.3 cm³/mol. The molecule has 0 aliphatic rings. The van der Waals surface area contributed by atoms with Crippen LogP contribution in [-0.2, 0) is 6.54 Å². The smallest absolute Gasteiger partial charge is 0.267 e. The predicted octanol–water partition coefficient (Wildman–Crippen LogP) is 2.03. The average molecular weight is 223 g/mol. The SMILES string of the molecule is O=c1c2ccccc2cnn1CCCCl. The number of halogens is 1. The van der Waals surface area contributed by atoms with Crippen LogP contribution in [0.1, 0.15) is 6.42 Å². The average Bonchev–Trinajstić information content (AvgIpc) is 2.29. The molecule has 0 amide bonds. The molecule has 0 saturated carbocycles. The van der Waals surface area contributed by atoms with E-state index in [2.05, 4.69) is 5.10 Å². The second-order valence-corrected chi connectivity index (χ2v) is 3.68. The second-order valence-electron chi connectivity index (χ2n) is 3.30. The van der Waals surface area contributed by atoms with Gasteiger partial charge in [-0.2, -0.15) is 5.10 Å². The van der Waals surface area contributed by atoms with Crippen molar-refractivity contribution in [2.45, 2.75) is 13.0 Å². The van der Waals surface area contributed by atoms with Crippen LogP contribution in [-0.4, -0.2) is 15.7 Å². The van der Waals surface area contributed by atoms with Crippen LogP contribution < -0.4 is 5.56 Å². The Balaban J connectivity index is 2.51. The van der Waals surface area contributed by atoms with Crippen molar-refractivity contribution in [2.75, 3.05) is 5.88 Å². The van der Waals surface area contributed by atoms with Crippen molar-refractivity contribution in [2.24, 2.45) is 0 Å². The Bertz CT molecular complexity index is 521. The molecule has 15 heavy (non-hydrogen) atoms. The van der Waals surface area contributed by atoms with Gasteiger partial charge < -0.3 is 0 Å². The van der Waals surface area contributed by atoms with Gasteiger partial charge >= 0.3 is 0 Å². The zero-order valence-electron chi connectivity index (χ0n) is 8.19. The minimum atomic E-state index is -0.0433. The molecule has 2 aromatic rings. The maximum Gasteiger partial charge on any atom is 0.274 e. The number of fused-ring (bicyclic) bond motifs is 1. The Morgan fingerprint density at radius 3 is 2.93 bits per heavy atom. The van der Waals surface area contributed by atoms with Gasteiger partial charge in [-0.05, 0) is 12.5 Å². The van der Waals surface area contributed by atoms with Crippen molar-refractivity contribution in [3.63, 3.8) is 0 Å². The van der Waals surface area contributed by atoms with Crippen molar-refractivity contribution in [1.29, 1.82) is 0 Å². The quantitative estimate of drug-likeness (QED) is 0.745. The van der Waals surface area contributed by atoms with Gasteiger partial charge in [0, 0.05) is 17.8 Å². The van der Waals surface area contributed by atoms with Crippen molar-refractivity contribution in [3.05, 3.63) is 40.8 Å². The van der Waals surface area contributed by atoms with Crippen molar-refractivity contribution in [1.82, 2.24) is 9.78 Å². The normalized spacial score (nSPS) is 10.7. The number of hydrogen-bond acceptors (Lipinski definition) is 2. The molecular formula is C11H11ClN2O. The van der Waals surface area contributed by atoms with Gasteiger partial charge in [0.15, 0.2) is 0 Å². The lowest BCUT2D eigenvalue weighted by atomic mass is 10.2. The zero-order valence-corrected chi connectivity index (χ0v) is 8.94. The number of alkyl halides is 1. The molecule has 0 N–H and O–H groups in total. The van der Waals surface area contributed by atoms with Crippen molar-refractivity contribution in [3.8, 4) is 0 Å². The summed E-state index contributed by atoms with van der Waals surface area (Å²) in [4.78, 5) is 11.9. The Morgan fingerprint density at radius 1 is 1.33 bits per heavy atom. The third kappa shape index (κ3) is 2.02. The molecule has 1 aromatic carbocycles.